The standard InChI is InChI=1S/C17H16N2O3/c1-21-15-8-4-3-6-12(15)10-13-11-19-14(17(20)22-2)7-5-9-16(19)18-13/h3-9,11H,10H2,1-2H3. The van der Waals surface area contributed by atoms with Crippen molar-refractivity contribution in [2.45, 2.75) is 6.42 Å². The van der Waals surface area contributed by atoms with Crippen molar-refractivity contribution in [3.8, 4) is 5.75 Å². The van der Waals surface area contributed by atoms with E-state index in [1.807, 2.05) is 36.5 Å². The maximum absolute atomic E-state index is 11.8. The highest BCUT2D eigenvalue weighted by Gasteiger charge is 2.13. The summed E-state index contributed by atoms with van der Waals surface area (Å²) in [6.07, 6.45) is 2.49. The number of aromatic nitrogens is 2. The van der Waals surface area contributed by atoms with Gasteiger partial charge in [0.05, 0.1) is 19.9 Å². The van der Waals surface area contributed by atoms with Crippen LogP contribution in [0.3, 0.4) is 0 Å². The third-order valence-corrected chi connectivity index (χ3v) is 3.50. The third kappa shape index (κ3) is 2.53. The van der Waals surface area contributed by atoms with Crippen molar-refractivity contribution >= 4 is 11.6 Å². The number of para-hydroxylation sites is 1. The molecule has 5 heteroatoms. The van der Waals surface area contributed by atoms with E-state index in [2.05, 4.69) is 4.98 Å². The molecule has 1 aromatic carbocycles. The number of hydrogen-bond donors (Lipinski definition) is 0. The molecule has 0 spiro atoms. The highest BCUT2D eigenvalue weighted by atomic mass is 16.5. The Bertz CT molecular complexity index is 824. The van der Waals surface area contributed by atoms with E-state index >= 15 is 0 Å². The second-order valence-electron chi connectivity index (χ2n) is 4.85. The molecular weight excluding hydrogens is 280 g/mol. The first-order chi connectivity index (χ1) is 10.7. The Hall–Kier alpha value is -2.82. The summed E-state index contributed by atoms with van der Waals surface area (Å²) in [5, 5.41) is 0. The van der Waals surface area contributed by atoms with Gasteiger partial charge in [-0.3, -0.25) is 4.40 Å². The molecule has 0 N–H and O–H groups in total. The highest BCUT2D eigenvalue weighted by molar-refractivity contribution is 5.88. The largest absolute Gasteiger partial charge is 0.496 e. The Morgan fingerprint density at radius 3 is 2.73 bits per heavy atom. The summed E-state index contributed by atoms with van der Waals surface area (Å²) < 4.78 is 11.9. The summed E-state index contributed by atoms with van der Waals surface area (Å²) in [6.45, 7) is 0. The van der Waals surface area contributed by atoms with E-state index in [0.717, 1.165) is 17.0 Å². The fraction of sp³-hybridized carbons (Fsp3) is 0.176. The molecule has 2 aromatic heterocycles. The third-order valence-electron chi connectivity index (χ3n) is 3.50. The Labute approximate surface area is 128 Å². The van der Waals surface area contributed by atoms with Gasteiger partial charge in [0, 0.05) is 18.2 Å². The molecule has 0 aliphatic rings. The van der Waals surface area contributed by atoms with Crippen molar-refractivity contribution < 1.29 is 14.3 Å². The predicted molar refractivity (Wildman–Crippen MR) is 82.3 cm³/mol. The zero-order valence-electron chi connectivity index (χ0n) is 12.4. The van der Waals surface area contributed by atoms with Crippen molar-refractivity contribution in [1.29, 1.82) is 0 Å². The lowest BCUT2D eigenvalue weighted by molar-refractivity contribution is 0.0592. The number of ether oxygens (including phenoxy) is 2. The minimum Gasteiger partial charge on any atom is -0.496 e. The lowest BCUT2D eigenvalue weighted by Gasteiger charge is -2.05. The normalized spacial score (nSPS) is 10.6. The van der Waals surface area contributed by atoms with Crippen LogP contribution in [-0.2, 0) is 11.2 Å². The van der Waals surface area contributed by atoms with Crippen molar-refractivity contribution in [2.75, 3.05) is 14.2 Å². The van der Waals surface area contributed by atoms with E-state index < -0.39 is 0 Å². The van der Waals surface area contributed by atoms with Crippen LogP contribution < -0.4 is 4.74 Å². The van der Waals surface area contributed by atoms with Gasteiger partial charge in [0.25, 0.3) is 0 Å². The maximum Gasteiger partial charge on any atom is 0.355 e. The molecule has 0 saturated heterocycles. The monoisotopic (exact) mass is 296 g/mol. The topological polar surface area (TPSA) is 52.8 Å². The van der Waals surface area contributed by atoms with E-state index in [1.54, 1.807) is 23.6 Å². The van der Waals surface area contributed by atoms with Gasteiger partial charge in [0.2, 0.25) is 0 Å². The summed E-state index contributed by atoms with van der Waals surface area (Å²) in [5.74, 6) is 0.444. The van der Waals surface area contributed by atoms with E-state index in [-0.39, 0.29) is 5.97 Å². The molecule has 0 radical (unpaired) electrons. The van der Waals surface area contributed by atoms with Crippen LogP contribution in [0.15, 0.2) is 48.7 Å². The van der Waals surface area contributed by atoms with E-state index in [4.69, 9.17) is 9.47 Å². The summed E-state index contributed by atoms with van der Waals surface area (Å²) in [5.41, 5.74) is 3.08. The van der Waals surface area contributed by atoms with Crippen LogP contribution in [0.25, 0.3) is 5.65 Å². The average molecular weight is 296 g/mol. The molecule has 0 atom stereocenters. The molecule has 2 heterocycles. The number of rotatable bonds is 4. The van der Waals surface area contributed by atoms with Crippen molar-refractivity contribution in [1.82, 2.24) is 9.38 Å². The number of esters is 1. The molecule has 112 valence electrons. The smallest absolute Gasteiger partial charge is 0.355 e. The lowest BCUT2D eigenvalue weighted by atomic mass is 10.1. The summed E-state index contributed by atoms with van der Waals surface area (Å²) in [4.78, 5) is 16.4. The Balaban J connectivity index is 2.01. The molecule has 3 rings (SSSR count). The molecule has 0 bridgehead atoms. The fourth-order valence-corrected chi connectivity index (χ4v) is 2.46. The van der Waals surface area contributed by atoms with Gasteiger partial charge >= 0.3 is 5.97 Å². The fourth-order valence-electron chi connectivity index (χ4n) is 2.46. The highest BCUT2D eigenvalue weighted by Crippen LogP contribution is 2.21. The molecule has 0 aliphatic carbocycles. The van der Waals surface area contributed by atoms with E-state index in [0.29, 0.717) is 17.8 Å². The van der Waals surface area contributed by atoms with Crippen LogP contribution in [0.2, 0.25) is 0 Å². The Morgan fingerprint density at radius 2 is 1.95 bits per heavy atom. The van der Waals surface area contributed by atoms with Crippen LogP contribution in [0.1, 0.15) is 21.7 Å². The minimum absolute atomic E-state index is 0.383. The average Bonchev–Trinajstić information content (AvgIpc) is 2.96. The van der Waals surface area contributed by atoms with Crippen LogP contribution >= 0.6 is 0 Å². The van der Waals surface area contributed by atoms with Gasteiger partial charge in [-0.15, -0.1) is 0 Å². The number of hydrogen-bond acceptors (Lipinski definition) is 4. The molecular formula is C17H16N2O3. The van der Waals surface area contributed by atoms with Crippen molar-refractivity contribution in [3.63, 3.8) is 0 Å². The van der Waals surface area contributed by atoms with Crippen LogP contribution in [0.4, 0.5) is 0 Å². The van der Waals surface area contributed by atoms with Gasteiger partial charge in [0.15, 0.2) is 0 Å². The van der Waals surface area contributed by atoms with Gasteiger partial charge in [-0.05, 0) is 18.2 Å². The number of carbonyl (C=O) groups is 1. The number of carbonyl (C=O) groups excluding carboxylic acids is 1. The number of fused-ring (bicyclic) bond motifs is 1. The Kier molecular flexibility index (Phi) is 3.78. The van der Waals surface area contributed by atoms with Crippen LogP contribution in [-0.4, -0.2) is 29.6 Å². The van der Waals surface area contributed by atoms with Gasteiger partial charge in [-0.1, -0.05) is 24.3 Å². The summed E-state index contributed by atoms with van der Waals surface area (Å²) in [6, 6.07) is 13.2. The van der Waals surface area contributed by atoms with E-state index in [1.165, 1.54) is 7.11 Å². The zero-order chi connectivity index (χ0) is 15.5. The first-order valence-corrected chi connectivity index (χ1v) is 6.90. The predicted octanol–water partition coefficient (Wildman–Crippen LogP) is 2.72. The zero-order valence-corrected chi connectivity index (χ0v) is 12.4. The molecule has 0 saturated carbocycles. The molecule has 0 aliphatic heterocycles. The second kappa shape index (κ2) is 5.89. The first-order valence-electron chi connectivity index (χ1n) is 6.90. The number of methoxy groups -OCH3 is 2. The Morgan fingerprint density at radius 1 is 1.14 bits per heavy atom. The lowest BCUT2D eigenvalue weighted by Crippen LogP contribution is -2.06. The SMILES string of the molecule is COC(=O)c1cccc2nc(Cc3ccccc3OC)cn12. The molecule has 0 amide bonds. The summed E-state index contributed by atoms with van der Waals surface area (Å²) >= 11 is 0. The van der Waals surface area contributed by atoms with Crippen LogP contribution in [0, 0.1) is 0 Å². The van der Waals surface area contributed by atoms with E-state index in [9.17, 15) is 4.79 Å². The van der Waals surface area contributed by atoms with Gasteiger partial charge in [-0.2, -0.15) is 0 Å². The molecule has 0 fully saturated rings. The quantitative estimate of drug-likeness (QED) is 0.695. The molecule has 5 nitrogen and oxygen atoms in total. The number of imidazole rings is 1. The maximum atomic E-state index is 11.8. The van der Waals surface area contributed by atoms with Gasteiger partial charge in [0.1, 0.15) is 17.1 Å². The van der Waals surface area contributed by atoms with Gasteiger partial charge in [-0.25, -0.2) is 9.78 Å². The second-order valence-corrected chi connectivity index (χ2v) is 4.85. The first kappa shape index (κ1) is 14.1. The summed E-state index contributed by atoms with van der Waals surface area (Å²) in [7, 11) is 3.02. The van der Waals surface area contributed by atoms with Crippen molar-refractivity contribution in [2.24, 2.45) is 0 Å². The van der Waals surface area contributed by atoms with Gasteiger partial charge < -0.3 is 9.47 Å². The van der Waals surface area contributed by atoms with Crippen LogP contribution in [0.5, 0.6) is 5.75 Å². The molecule has 22 heavy (non-hydrogen) atoms. The minimum atomic E-state index is -0.383. The number of nitrogens with zero attached hydrogens (tertiary/aromatic N) is 2. The molecule has 0 unspecified atom stereocenters. The van der Waals surface area contributed by atoms with Crippen molar-refractivity contribution in [3.05, 3.63) is 65.6 Å². The number of benzene rings is 1. The molecule has 3 aromatic rings. The number of pyridine rings is 1.